The first-order chi connectivity index (χ1) is 9.04. The number of ether oxygens (including phenoxy) is 1. The van der Waals surface area contributed by atoms with E-state index in [0.717, 1.165) is 12.0 Å². The van der Waals surface area contributed by atoms with Gasteiger partial charge in [0.2, 0.25) is 0 Å². The molecule has 0 aliphatic heterocycles. The maximum Gasteiger partial charge on any atom is 0.124 e. The van der Waals surface area contributed by atoms with Gasteiger partial charge in [0, 0.05) is 11.6 Å². The van der Waals surface area contributed by atoms with Crippen LogP contribution in [0.4, 0.5) is 4.39 Å². The van der Waals surface area contributed by atoms with Gasteiger partial charge in [-0.15, -0.1) is 0 Å². The summed E-state index contributed by atoms with van der Waals surface area (Å²) in [6, 6.07) is 4.34. The van der Waals surface area contributed by atoms with Crippen LogP contribution in [0.25, 0.3) is 0 Å². The molecule has 1 aromatic rings. The van der Waals surface area contributed by atoms with E-state index in [1.807, 2.05) is 6.92 Å². The molecule has 0 aliphatic carbocycles. The third-order valence-corrected chi connectivity index (χ3v) is 3.25. The Morgan fingerprint density at radius 3 is 2.58 bits per heavy atom. The van der Waals surface area contributed by atoms with E-state index in [1.54, 1.807) is 6.07 Å². The lowest BCUT2D eigenvalue weighted by Crippen LogP contribution is -2.15. The van der Waals surface area contributed by atoms with E-state index in [-0.39, 0.29) is 18.0 Å². The molecule has 0 amide bonds. The van der Waals surface area contributed by atoms with Crippen molar-refractivity contribution in [2.75, 3.05) is 0 Å². The van der Waals surface area contributed by atoms with Crippen LogP contribution in [0.2, 0.25) is 0 Å². The molecular formula is C16H26FNO. The second-order valence-corrected chi connectivity index (χ2v) is 5.25. The lowest BCUT2D eigenvalue weighted by Gasteiger charge is -2.19. The van der Waals surface area contributed by atoms with Gasteiger partial charge in [0.05, 0.1) is 6.10 Å². The van der Waals surface area contributed by atoms with Crippen molar-refractivity contribution >= 4 is 0 Å². The van der Waals surface area contributed by atoms with Crippen LogP contribution in [-0.2, 0) is 0 Å². The van der Waals surface area contributed by atoms with E-state index in [2.05, 4.69) is 13.8 Å². The Hall–Kier alpha value is -1.09. The van der Waals surface area contributed by atoms with Crippen LogP contribution in [0.15, 0.2) is 18.2 Å². The SMILES string of the molecule is CCCCCCC(C)Oc1ccc(F)cc1C(C)N. The van der Waals surface area contributed by atoms with Crippen molar-refractivity contribution in [3.8, 4) is 5.75 Å². The Balaban J connectivity index is 2.56. The minimum absolute atomic E-state index is 0.139. The van der Waals surface area contributed by atoms with Crippen molar-refractivity contribution in [2.24, 2.45) is 5.73 Å². The van der Waals surface area contributed by atoms with Crippen molar-refractivity contribution in [1.82, 2.24) is 0 Å². The molecule has 0 spiro atoms. The molecule has 19 heavy (non-hydrogen) atoms. The number of halogens is 1. The highest BCUT2D eigenvalue weighted by atomic mass is 19.1. The largest absolute Gasteiger partial charge is 0.490 e. The van der Waals surface area contributed by atoms with E-state index >= 15 is 0 Å². The Morgan fingerprint density at radius 1 is 1.21 bits per heavy atom. The highest BCUT2D eigenvalue weighted by Crippen LogP contribution is 2.26. The molecule has 0 saturated carbocycles. The van der Waals surface area contributed by atoms with E-state index in [4.69, 9.17) is 10.5 Å². The zero-order valence-electron chi connectivity index (χ0n) is 12.3. The second kappa shape index (κ2) is 8.16. The minimum Gasteiger partial charge on any atom is -0.490 e. The topological polar surface area (TPSA) is 35.2 Å². The molecule has 2 N–H and O–H groups in total. The van der Waals surface area contributed by atoms with Crippen molar-refractivity contribution in [3.63, 3.8) is 0 Å². The summed E-state index contributed by atoms with van der Waals surface area (Å²) in [5, 5.41) is 0. The molecule has 0 aliphatic rings. The molecule has 0 fully saturated rings. The molecule has 0 aromatic heterocycles. The quantitative estimate of drug-likeness (QED) is 0.699. The Bertz CT molecular complexity index is 379. The molecular weight excluding hydrogens is 241 g/mol. The summed E-state index contributed by atoms with van der Waals surface area (Å²) in [5.74, 6) is 0.439. The standard InChI is InChI=1S/C16H26FNO/c1-4-5-6-7-8-12(2)19-16-10-9-14(17)11-15(16)13(3)18/h9-13H,4-8,18H2,1-3H3. The molecule has 2 atom stereocenters. The first kappa shape index (κ1) is 16.0. The average Bonchev–Trinajstić information content (AvgIpc) is 2.36. The van der Waals surface area contributed by atoms with Gasteiger partial charge in [0.25, 0.3) is 0 Å². The van der Waals surface area contributed by atoms with Gasteiger partial charge in [0.15, 0.2) is 0 Å². The third-order valence-electron chi connectivity index (χ3n) is 3.25. The number of nitrogens with two attached hydrogens (primary N) is 1. The summed E-state index contributed by atoms with van der Waals surface area (Å²) in [5.41, 5.74) is 6.59. The van der Waals surface area contributed by atoms with Crippen molar-refractivity contribution in [2.45, 2.75) is 65.0 Å². The number of hydrogen-bond acceptors (Lipinski definition) is 2. The van der Waals surface area contributed by atoms with E-state index < -0.39 is 0 Å². The van der Waals surface area contributed by atoms with Crippen LogP contribution in [0.3, 0.4) is 0 Å². The summed E-state index contributed by atoms with van der Waals surface area (Å²) in [7, 11) is 0. The predicted octanol–water partition coefficient (Wildman–Crippen LogP) is 4.58. The lowest BCUT2D eigenvalue weighted by atomic mass is 10.1. The lowest BCUT2D eigenvalue weighted by molar-refractivity contribution is 0.203. The predicted molar refractivity (Wildman–Crippen MR) is 77.9 cm³/mol. The molecule has 1 aromatic carbocycles. The smallest absolute Gasteiger partial charge is 0.124 e. The van der Waals surface area contributed by atoms with Crippen molar-refractivity contribution < 1.29 is 9.13 Å². The number of hydrogen-bond donors (Lipinski definition) is 1. The van der Waals surface area contributed by atoms with Crippen LogP contribution in [0.5, 0.6) is 5.75 Å². The summed E-state index contributed by atoms with van der Waals surface area (Å²) in [6.07, 6.45) is 6.09. The monoisotopic (exact) mass is 267 g/mol. The van der Waals surface area contributed by atoms with Crippen LogP contribution in [0.1, 0.15) is 64.5 Å². The average molecular weight is 267 g/mol. The summed E-state index contributed by atoms with van der Waals surface area (Å²) in [4.78, 5) is 0. The fourth-order valence-corrected chi connectivity index (χ4v) is 2.12. The normalized spacial score (nSPS) is 14.2. The maximum absolute atomic E-state index is 13.2. The summed E-state index contributed by atoms with van der Waals surface area (Å²) >= 11 is 0. The molecule has 2 unspecified atom stereocenters. The number of rotatable bonds is 8. The highest BCUT2D eigenvalue weighted by molar-refractivity contribution is 5.36. The van der Waals surface area contributed by atoms with Crippen LogP contribution < -0.4 is 10.5 Å². The fraction of sp³-hybridized carbons (Fsp3) is 0.625. The van der Waals surface area contributed by atoms with Crippen LogP contribution in [-0.4, -0.2) is 6.10 Å². The van der Waals surface area contributed by atoms with Gasteiger partial charge in [0.1, 0.15) is 11.6 Å². The van der Waals surface area contributed by atoms with E-state index in [0.29, 0.717) is 5.75 Å². The number of unbranched alkanes of at least 4 members (excludes halogenated alkanes) is 3. The van der Waals surface area contributed by atoms with Gasteiger partial charge in [-0.1, -0.05) is 26.2 Å². The Morgan fingerprint density at radius 2 is 1.95 bits per heavy atom. The summed E-state index contributed by atoms with van der Waals surface area (Å²) < 4.78 is 19.1. The van der Waals surface area contributed by atoms with Crippen molar-refractivity contribution in [3.05, 3.63) is 29.6 Å². The number of benzene rings is 1. The van der Waals surface area contributed by atoms with Gasteiger partial charge in [-0.05, 0) is 44.9 Å². The second-order valence-electron chi connectivity index (χ2n) is 5.25. The van der Waals surface area contributed by atoms with Crippen molar-refractivity contribution in [1.29, 1.82) is 0 Å². The maximum atomic E-state index is 13.2. The molecule has 0 heterocycles. The Labute approximate surface area is 116 Å². The van der Waals surface area contributed by atoms with Gasteiger partial charge < -0.3 is 10.5 Å². The van der Waals surface area contributed by atoms with Crippen LogP contribution >= 0.6 is 0 Å². The van der Waals surface area contributed by atoms with Gasteiger partial charge in [-0.3, -0.25) is 0 Å². The molecule has 0 saturated heterocycles. The fourth-order valence-electron chi connectivity index (χ4n) is 2.12. The zero-order chi connectivity index (χ0) is 14.3. The first-order valence-electron chi connectivity index (χ1n) is 7.26. The van der Waals surface area contributed by atoms with Gasteiger partial charge in [-0.2, -0.15) is 0 Å². The van der Waals surface area contributed by atoms with E-state index in [1.165, 1.54) is 37.8 Å². The molecule has 0 bridgehead atoms. The first-order valence-corrected chi connectivity index (χ1v) is 7.26. The Kier molecular flexibility index (Phi) is 6.85. The van der Waals surface area contributed by atoms with E-state index in [9.17, 15) is 4.39 Å². The third kappa shape index (κ3) is 5.60. The molecule has 1 rings (SSSR count). The molecule has 2 nitrogen and oxygen atoms in total. The molecule has 0 radical (unpaired) electrons. The zero-order valence-corrected chi connectivity index (χ0v) is 12.3. The van der Waals surface area contributed by atoms with Gasteiger partial charge in [-0.25, -0.2) is 4.39 Å². The summed E-state index contributed by atoms with van der Waals surface area (Å²) in [6.45, 7) is 6.10. The van der Waals surface area contributed by atoms with Gasteiger partial charge >= 0.3 is 0 Å². The van der Waals surface area contributed by atoms with Crippen LogP contribution in [0, 0.1) is 5.82 Å². The highest BCUT2D eigenvalue weighted by Gasteiger charge is 2.12. The molecule has 3 heteroatoms. The molecule has 108 valence electrons. The minimum atomic E-state index is -0.268.